The van der Waals surface area contributed by atoms with Gasteiger partial charge in [0.15, 0.2) is 4.77 Å². The standard InChI is InChI=1S/C17H19BrN2OS/c1-11(2)19-15(9-13(4)10-21)16(18)20(17(19)22)14-7-5-12(3)6-8-14/h5-11H,1-4H3. The lowest BCUT2D eigenvalue weighted by molar-refractivity contribution is -0.104. The van der Waals surface area contributed by atoms with Gasteiger partial charge in [0.25, 0.3) is 0 Å². The number of allylic oxidation sites excluding steroid dienone is 1. The van der Waals surface area contributed by atoms with E-state index in [2.05, 4.69) is 48.8 Å². The second-order valence-electron chi connectivity index (χ2n) is 5.60. The molecule has 0 bridgehead atoms. The van der Waals surface area contributed by atoms with Crippen LogP contribution in [0.25, 0.3) is 11.8 Å². The number of carbonyl (C=O) groups excluding carboxylic acids is 1. The topological polar surface area (TPSA) is 26.9 Å². The van der Waals surface area contributed by atoms with Crippen molar-refractivity contribution in [3.8, 4) is 5.69 Å². The number of aromatic nitrogens is 2. The summed E-state index contributed by atoms with van der Waals surface area (Å²) in [6.07, 6.45) is 2.71. The van der Waals surface area contributed by atoms with Crippen molar-refractivity contribution in [3.05, 3.63) is 50.5 Å². The molecule has 0 saturated carbocycles. The number of hydrogen-bond acceptors (Lipinski definition) is 2. The lowest BCUT2D eigenvalue weighted by Crippen LogP contribution is -2.04. The van der Waals surface area contributed by atoms with E-state index in [1.54, 1.807) is 6.92 Å². The molecule has 0 aliphatic rings. The number of hydrogen-bond donors (Lipinski definition) is 0. The van der Waals surface area contributed by atoms with Crippen molar-refractivity contribution in [1.29, 1.82) is 0 Å². The number of rotatable bonds is 4. The van der Waals surface area contributed by atoms with Crippen LogP contribution in [0.4, 0.5) is 0 Å². The zero-order chi connectivity index (χ0) is 16.4. The van der Waals surface area contributed by atoms with E-state index < -0.39 is 0 Å². The SMILES string of the molecule is CC(C=O)=Cc1c(Br)n(-c2ccc(C)cc2)c(=S)n1C(C)C. The lowest BCUT2D eigenvalue weighted by Gasteiger charge is -2.10. The van der Waals surface area contributed by atoms with Crippen LogP contribution in [0, 0.1) is 11.7 Å². The first-order valence-electron chi connectivity index (χ1n) is 7.10. The minimum Gasteiger partial charge on any atom is -0.313 e. The van der Waals surface area contributed by atoms with Crippen LogP contribution < -0.4 is 0 Å². The fourth-order valence-electron chi connectivity index (χ4n) is 2.30. The number of nitrogens with zero attached hydrogens (tertiary/aromatic N) is 2. The third-order valence-electron chi connectivity index (χ3n) is 3.42. The van der Waals surface area contributed by atoms with Crippen LogP contribution in [-0.4, -0.2) is 15.4 Å². The van der Waals surface area contributed by atoms with E-state index in [-0.39, 0.29) is 6.04 Å². The number of aryl methyl sites for hydroxylation is 1. The minimum absolute atomic E-state index is 0.196. The van der Waals surface area contributed by atoms with Crippen LogP contribution >= 0.6 is 28.1 Å². The van der Waals surface area contributed by atoms with Gasteiger partial charge in [-0.1, -0.05) is 17.7 Å². The average molecular weight is 379 g/mol. The maximum absolute atomic E-state index is 11.0. The monoisotopic (exact) mass is 378 g/mol. The molecule has 0 spiro atoms. The zero-order valence-corrected chi connectivity index (χ0v) is 15.5. The molecule has 0 N–H and O–H groups in total. The van der Waals surface area contributed by atoms with Gasteiger partial charge in [-0.25, -0.2) is 0 Å². The molecule has 0 atom stereocenters. The van der Waals surface area contributed by atoms with E-state index in [0.717, 1.165) is 22.3 Å². The highest BCUT2D eigenvalue weighted by Crippen LogP contribution is 2.29. The molecule has 1 aromatic carbocycles. The number of benzene rings is 1. The van der Waals surface area contributed by atoms with Crippen molar-refractivity contribution >= 4 is 40.5 Å². The van der Waals surface area contributed by atoms with Gasteiger partial charge in [-0.05, 0) is 79.6 Å². The van der Waals surface area contributed by atoms with Gasteiger partial charge in [0.2, 0.25) is 0 Å². The summed E-state index contributed by atoms with van der Waals surface area (Å²) in [5.41, 5.74) is 3.77. The molecule has 0 unspecified atom stereocenters. The summed E-state index contributed by atoms with van der Waals surface area (Å²) in [6, 6.07) is 8.40. The number of imidazole rings is 1. The quantitative estimate of drug-likeness (QED) is 0.412. The third-order valence-corrected chi connectivity index (χ3v) is 4.56. The summed E-state index contributed by atoms with van der Waals surface area (Å²) in [7, 11) is 0. The van der Waals surface area contributed by atoms with Gasteiger partial charge >= 0.3 is 0 Å². The molecule has 5 heteroatoms. The van der Waals surface area contributed by atoms with E-state index in [0.29, 0.717) is 10.3 Å². The fourth-order valence-corrected chi connectivity index (χ4v) is 3.61. The molecule has 116 valence electrons. The van der Waals surface area contributed by atoms with Crippen LogP contribution in [0.2, 0.25) is 0 Å². The highest BCUT2D eigenvalue weighted by Gasteiger charge is 2.17. The number of halogens is 1. The molecule has 0 aliphatic carbocycles. The Morgan fingerprint density at radius 1 is 1.27 bits per heavy atom. The highest BCUT2D eigenvalue weighted by atomic mass is 79.9. The van der Waals surface area contributed by atoms with Crippen molar-refractivity contribution in [2.24, 2.45) is 0 Å². The lowest BCUT2D eigenvalue weighted by atomic mass is 10.2. The zero-order valence-electron chi connectivity index (χ0n) is 13.1. The number of aldehydes is 1. The number of carbonyl (C=O) groups is 1. The van der Waals surface area contributed by atoms with Gasteiger partial charge in [-0.3, -0.25) is 9.36 Å². The van der Waals surface area contributed by atoms with E-state index in [1.807, 2.05) is 27.3 Å². The van der Waals surface area contributed by atoms with Crippen molar-refractivity contribution < 1.29 is 4.79 Å². The van der Waals surface area contributed by atoms with Gasteiger partial charge in [-0.15, -0.1) is 0 Å². The summed E-state index contributed by atoms with van der Waals surface area (Å²) >= 11 is 9.31. The first kappa shape index (κ1) is 16.9. The fraction of sp³-hybridized carbons (Fsp3) is 0.294. The second kappa shape index (κ2) is 6.75. The highest BCUT2D eigenvalue weighted by molar-refractivity contribution is 9.10. The molecule has 0 amide bonds. The molecule has 3 nitrogen and oxygen atoms in total. The van der Waals surface area contributed by atoms with Crippen LogP contribution in [0.15, 0.2) is 34.4 Å². The van der Waals surface area contributed by atoms with E-state index >= 15 is 0 Å². The average Bonchev–Trinajstić information content (AvgIpc) is 2.71. The van der Waals surface area contributed by atoms with Gasteiger partial charge in [0, 0.05) is 11.7 Å². The summed E-state index contributed by atoms with van der Waals surface area (Å²) < 4.78 is 5.59. The summed E-state index contributed by atoms with van der Waals surface area (Å²) in [4.78, 5) is 11.0. The normalized spacial score (nSPS) is 12.0. The molecule has 0 fully saturated rings. The molecule has 0 radical (unpaired) electrons. The summed E-state index contributed by atoms with van der Waals surface area (Å²) in [5.74, 6) is 0. The minimum atomic E-state index is 0.196. The van der Waals surface area contributed by atoms with Crippen molar-refractivity contribution in [2.45, 2.75) is 33.7 Å². The summed E-state index contributed by atoms with van der Waals surface area (Å²) in [5, 5.41) is 0. The smallest absolute Gasteiger partial charge is 0.186 e. The molecule has 2 rings (SSSR count). The maximum Gasteiger partial charge on any atom is 0.186 e. The van der Waals surface area contributed by atoms with Crippen LogP contribution in [0.3, 0.4) is 0 Å². The molecular formula is C17H19BrN2OS. The first-order chi connectivity index (χ1) is 10.4. The van der Waals surface area contributed by atoms with Crippen LogP contribution in [0.5, 0.6) is 0 Å². The van der Waals surface area contributed by atoms with E-state index in [9.17, 15) is 4.79 Å². The Balaban J connectivity index is 2.77. The Kier molecular flexibility index (Phi) is 5.19. The van der Waals surface area contributed by atoms with Crippen LogP contribution in [0.1, 0.15) is 38.1 Å². The summed E-state index contributed by atoms with van der Waals surface area (Å²) in [6.45, 7) is 8.00. The largest absolute Gasteiger partial charge is 0.313 e. The molecule has 0 aliphatic heterocycles. The molecular weight excluding hydrogens is 360 g/mol. The predicted molar refractivity (Wildman–Crippen MR) is 97.1 cm³/mol. The predicted octanol–water partition coefficient (Wildman–Crippen LogP) is 5.26. The Bertz CT molecular complexity index is 782. The molecule has 0 saturated heterocycles. The third kappa shape index (κ3) is 3.15. The van der Waals surface area contributed by atoms with Crippen molar-refractivity contribution in [3.63, 3.8) is 0 Å². The first-order valence-corrected chi connectivity index (χ1v) is 8.30. The molecule has 22 heavy (non-hydrogen) atoms. The Morgan fingerprint density at radius 3 is 2.36 bits per heavy atom. The molecule has 1 aromatic heterocycles. The molecule has 2 aromatic rings. The van der Waals surface area contributed by atoms with Gasteiger partial charge in [0.05, 0.1) is 5.69 Å². The van der Waals surface area contributed by atoms with Crippen molar-refractivity contribution in [2.75, 3.05) is 0 Å². The Labute approximate surface area is 144 Å². The van der Waals surface area contributed by atoms with Gasteiger partial charge < -0.3 is 4.57 Å². The second-order valence-corrected chi connectivity index (χ2v) is 6.72. The van der Waals surface area contributed by atoms with E-state index in [1.165, 1.54) is 5.56 Å². The van der Waals surface area contributed by atoms with Gasteiger partial charge in [0.1, 0.15) is 10.9 Å². The van der Waals surface area contributed by atoms with Crippen molar-refractivity contribution in [1.82, 2.24) is 9.13 Å². The van der Waals surface area contributed by atoms with Crippen LogP contribution in [-0.2, 0) is 4.79 Å². The maximum atomic E-state index is 11.0. The van der Waals surface area contributed by atoms with Gasteiger partial charge in [-0.2, -0.15) is 0 Å². The van der Waals surface area contributed by atoms with E-state index in [4.69, 9.17) is 12.2 Å². The molecule has 1 heterocycles. The Hall–Kier alpha value is -1.46. The Morgan fingerprint density at radius 2 is 1.86 bits per heavy atom.